The summed E-state index contributed by atoms with van der Waals surface area (Å²) >= 11 is 0. The second-order valence-corrected chi connectivity index (χ2v) is 6.29. The zero-order chi connectivity index (χ0) is 16.5. The van der Waals surface area contributed by atoms with Crippen LogP contribution in [0.2, 0.25) is 0 Å². The molecule has 0 saturated heterocycles. The Kier molecular flexibility index (Phi) is 3.86. The summed E-state index contributed by atoms with van der Waals surface area (Å²) in [5, 5.41) is 5.83. The molecule has 0 radical (unpaired) electrons. The molecular weight excluding hydrogens is 305 g/mol. The van der Waals surface area contributed by atoms with Crippen LogP contribution >= 0.6 is 0 Å². The fourth-order valence-electron chi connectivity index (χ4n) is 3.00. The fraction of sp³-hybridized carbons (Fsp3) is 0.263. The van der Waals surface area contributed by atoms with E-state index in [9.17, 15) is 9.18 Å². The third-order valence-corrected chi connectivity index (χ3v) is 4.42. The summed E-state index contributed by atoms with van der Waals surface area (Å²) in [4.78, 5) is 14.8. The van der Waals surface area contributed by atoms with Crippen LogP contribution in [-0.2, 0) is 13.2 Å². The Hall–Kier alpha value is -2.53. The Morgan fingerprint density at radius 2 is 2.00 bits per heavy atom. The van der Waals surface area contributed by atoms with E-state index >= 15 is 0 Å². The summed E-state index contributed by atoms with van der Waals surface area (Å²) in [6, 6.07) is 14.5. The van der Waals surface area contributed by atoms with Crippen LogP contribution in [0.1, 0.15) is 18.4 Å². The molecule has 1 aliphatic carbocycles. The molecule has 1 aromatic heterocycles. The van der Waals surface area contributed by atoms with Gasteiger partial charge < -0.3 is 0 Å². The molecular formula is C19H18FN3O. The zero-order valence-corrected chi connectivity index (χ0v) is 13.2. The van der Waals surface area contributed by atoms with E-state index in [0.29, 0.717) is 24.6 Å². The number of hydrogen-bond donors (Lipinski definition) is 0. The largest absolute Gasteiger partial charge is 0.277 e. The van der Waals surface area contributed by atoms with Gasteiger partial charge in [0.1, 0.15) is 5.82 Å². The van der Waals surface area contributed by atoms with E-state index in [4.69, 9.17) is 0 Å². The van der Waals surface area contributed by atoms with Crippen molar-refractivity contribution in [3.63, 3.8) is 0 Å². The lowest BCUT2D eigenvalue weighted by Crippen LogP contribution is -2.34. The second kappa shape index (κ2) is 6.17. The Balaban J connectivity index is 1.62. The first-order valence-corrected chi connectivity index (χ1v) is 8.14. The average Bonchev–Trinajstić information content (AvgIpc) is 3.42. The molecule has 0 aliphatic heterocycles. The van der Waals surface area contributed by atoms with Gasteiger partial charge in [-0.05, 0) is 36.6 Å². The Morgan fingerprint density at radius 3 is 2.79 bits per heavy atom. The number of nitrogens with zero attached hydrogens (tertiary/aromatic N) is 3. The molecule has 5 heteroatoms. The lowest BCUT2D eigenvalue weighted by molar-refractivity contribution is 0.184. The summed E-state index contributed by atoms with van der Waals surface area (Å²) < 4.78 is 14.9. The maximum atomic E-state index is 13.4. The minimum Gasteiger partial charge on any atom is -0.277 e. The highest BCUT2D eigenvalue weighted by molar-refractivity contribution is 5.80. The minimum atomic E-state index is -0.232. The highest BCUT2D eigenvalue weighted by atomic mass is 19.1. The molecule has 0 unspecified atom stereocenters. The van der Waals surface area contributed by atoms with E-state index < -0.39 is 0 Å². The van der Waals surface area contributed by atoms with Crippen LogP contribution in [0, 0.1) is 5.82 Å². The van der Waals surface area contributed by atoms with E-state index in [1.54, 1.807) is 18.3 Å². The Morgan fingerprint density at radius 1 is 1.17 bits per heavy atom. The molecule has 1 saturated carbocycles. The van der Waals surface area contributed by atoms with Gasteiger partial charge in [-0.1, -0.05) is 30.3 Å². The molecule has 122 valence electrons. The summed E-state index contributed by atoms with van der Waals surface area (Å²) in [5.41, 5.74) is 0.828. The number of benzene rings is 2. The lowest BCUT2D eigenvalue weighted by Gasteiger charge is -2.22. The molecule has 4 rings (SSSR count). The Bertz CT molecular complexity index is 933. The van der Waals surface area contributed by atoms with Gasteiger partial charge in [0.15, 0.2) is 0 Å². The van der Waals surface area contributed by atoms with Crippen molar-refractivity contribution >= 4 is 10.8 Å². The molecule has 2 aromatic carbocycles. The van der Waals surface area contributed by atoms with Gasteiger partial charge in [-0.3, -0.25) is 9.69 Å². The molecule has 0 N–H and O–H groups in total. The normalized spacial score (nSPS) is 14.4. The molecule has 24 heavy (non-hydrogen) atoms. The van der Waals surface area contributed by atoms with Gasteiger partial charge in [-0.15, -0.1) is 0 Å². The average molecular weight is 323 g/mol. The van der Waals surface area contributed by atoms with Crippen molar-refractivity contribution in [3.8, 4) is 0 Å². The molecule has 1 heterocycles. The third-order valence-electron chi connectivity index (χ3n) is 4.42. The fourth-order valence-corrected chi connectivity index (χ4v) is 3.00. The molecule has 0 atom stereocenters. The topological polar surface area (TPSA) is 38.1 Å². The number of fused-ring (bicyclic) bond motifs is 1. The van der Waals surface area contributed by atoms with Gasteiger partial charge in [0.25, 0.3) is 5.56 Å². The first-order chi connectivity index (χ1) is 11.7. The monoisotopic (exact) mass is 323 g/mol. The first kappa shape index (κ1) is 15.0. The van der Waals surface area contributed by atoms with E-state index in [0.717, 1.165) is 23.8 Å². The molecule has 1 fully saturated rings. The predicted molar refractivity (Wildman–Crippen MR) is 91.0 cm³/mol. The van der Waals surface area contributed by atoms with Crippen molar-refractivity contribution in [1.29, 1.82) is 0 Å². The quantitative estimate of drug-likeness (QED) is 0.724. The smallest absolute Gasteiger partial charge is 0.275 e. The van der Waals surface area contributed by atoms with Crippen molar-refractivity contribution in [3.05, 3.63) is 76.5 Å². The minimum absolute atomic E-state index is 0.0852. The molecule has 1 aliphatic rings. The van der Waals surface area contributed by atoms with Crippen molar-refractivity contribution in [1.82, 2.24) is 14.7 Å². The third kappa shape index (κ3) is 3.08. The van der Waals surface area contributed by atoms with Gasteiger partial charge in [-0.2, -0.15) is 5.10 Å². The van der Waals surface area contributed by atoms with Crippen LogP contribution in [0.5, 0.6) is 0 Å². The highest BCUT2D eigenvalue weighted by Crippen LogP contribution is 2.28. The van der Waals surface area contributed by atoms with Crippen LogP contribution in [0.25, 0.3) is 10.8 Å². The first-order valence-electron chi connectivity index (χ1n) is 8.14. The summed E-state index contributed by atoms with van der Waals surface area (Å²) in [5.74, 6) is -0.232. The van der Waals surface area contributed by atoms with Gasteiger partial charge in [0, 0.05) is 18.0 Å². The SMILES string of the molecule is O=c1c2ccccc2cnn1CN(Cc1cccc(F)c1)C1CC1. The van der Waals surface area contributed by atoms with Crippen LogP contribution in [0.3, 0.4) is 0 Å². The van der Waals surface area contributed by atoms with E-state index in [1.807, 2.05) is 30.3 Å². The molecule has 0 spiro atoms. The molecule has 4 nitrogen and oxygen atoms in total. The Labute approximate surface area is 139 Å². The van der Waals surface area contributed by atoms with Crippen molar-refractivity contribution in [2.24, 2.45) is 0 Å². The second-order valence-electron chi connectivity index (χ2n) is 6.29. The highest BCUT2D eigenvalue weighted by Gasteiger charge is 2.29. The summed E-state index contributed by atoms with van der Waals surface area (Å²) in [6.07, 6.45) is 3.94. The van der Waals surface area contributed by atoms with Crippen molar-refractivity contribution in [2.75, 3.05) is 0 Å². The van der Waals surface area contributed by atoms with Crippen LogP contribution < -0.4 is 5.56 Å². The summed E-state index contributed by atoms with van der Waals surface area (Å²) in [7, 11) is 0. The van der Waals surface area contributed by atoms with Gasteiger partial charge in [0.05, 0.1) is 18.3 Å². The number of halogens is 1. The standard InChI is InChI=1S/C19H18FN3O/c20-16-6-3-4-14(10-16)12-22(17-8-9-17)13-23-19(24)18-7-2-1-5-15(18)11-21-23/h1-7,10-11,17H,8-9,12-13H2. The maximum Gasteiger partial charge on any atom is 0.275 e. The number of aromatic nitrogens is 2. The van der Waals surface area contributed by atoms with E-state index in [-0.39, 0.29) is 11.4 Å². The zero-order valence-electron chi connectivity index (χ0n) is 13.2. The van der Waals surface area contributed by atoms with Gasteiger partial charge >= 0.3 is 0 Å². The molecule has 3 aromatic rings. The van der Waals surface area contributed by atoms with E-state index in [1.165, 1.54) is 10.7 Å². The number of hydrogen-bond acceptors (Lipinski definition) is 3. The number of rotatable bonds is 5. The van der Waals surface area contributed by atoms with Crippen molar-refractivity contribution in [2.45, 2.75) is 32.1 Å². The van der Waals surface area contributed by atoms with Crippen LogP contribution in [0.15, 0.2) is 59.5 Å². The predicted octanol–water partition coefficient (Wildman–Crippen LogP) is 3.16. The molecule has 0 amide bonds. The van der Waals surface area contributed by atoms with E-state index in [2.05, 4.69) is 10.00 Å². The van der Waals surface area contributed by atoms with Crippen LogP contribution in [-0.4, -0.2) is 20.7 Å². The van der Waals surface area contributed by atoms with Crippen LogP contribution in [0.4, 0.5) is 4.39 Å². The summed E-state index contributed by atoms with van der Waals surface area (Å²) in [6.45, 7) is 1.04. The lowest BCUT2D eigenvalue weighted by atomic mass is 10.2. The van der Waals surface area contributed by atoms with Crippen molar-refractivity contribution < 1.29 is 4.39 Å². The van der Waals surface area contributed by atoms with Gasteiger partial charge in [0.2, 0.25) is 0 Å². The molecule has 0 bridgehead atoms. The van der Waals surface area contributed by atoms with Gasteiger partial charge in [-0.25, -0.2) is 9.07 Å². The maximum absolute atomic E-state index is 13.4.